The highest BCUT2D eigenvalue weighted by Crippen LogP contribution is 2.26. The van der Waals surface area contributed by atoms with Gasteiger partial charge in [-0.3, -0.25) is 14.9 Å². The highest BCUT2D eigenvalue weighted by atomic mass is 16.5. The van der Waals surface area contributed by atoms with Crippen LogP contribution in [0.5, 0.6) is 0 Å². The summed E-state index contributed by atoms with van der Waals surface area (Å²) in [7, 11) is 3.35. The maximum Gasteiger partial charge on any atom is 0.127 e. The van der Waals surface area contributed by atoms with Gasteiger partial charge in [-0.1, -0.05) is 13.0 Å². The quantitative estimate of drug-likeness (QED) is 0.130. The lowest BCUT2D eigenvalue weighted by molar-refractivity contribution is -0.00962. The third-order valence-corrected chi connectivity index (χ3v) is 7.92. The number of nitrogens with zero attached hydrogens (tertiary/aromatic N) is 5. The van der Waals surface area contributed by atoms with E-state index in [0.717, 1.165) is 91.5 Å². The Bertz CT molecular complexity index is 1290. The van der Waals surface area contributed by atoms with Gasteiger partial charge in [-0.05, 0) is 65.1 Å². The summed E-state index contributed by atoms with van der Waals surface area (Å²) in [5.74, 6) is 2.26. The molecule has 0 radical (unpaired) electrons. The second-order valence-corrected chi connectivity index (χ2v) is 11.4. The fourth-order valence-electron chi connectivity index (χ4n) is 4.74. The number of pyridine rings is 1. The molecule has 1 fully saturated rings. The van der Waals surface area contributed by atoms with Crippen molar-refractivity contribution in [3.05, 3.63) is 82.9 Å². The van der Waals surface area contributed by atoms with Gasteiger partial charge in [0.05, 0.1) is 45.3 Å². The first-order valence-electron chi connectivity index (χ1n) is 15.7. The first-order valence-corrected chi connectivity index (χ1v) is 15.7. The summed E-state index contributed by atoms with van der Waals surface area (Å²) in [4.78, 5) is 18.5. The number of nitrogens with one attached hydrogen (secondary N) is 1. The average Bonchev–Trinajstić information content (AvgIpc) is 3.27. The van der Waals surface area contributed by atoms with Crippen LogP contribution in [0.15, 0.2) is 87.3 Å². The molecule has 45 heavy (non-hydrogen) atoms. The number of ether oxygens (including phenoxy) is 4. The predicted molar refractivity (Wildman–Crippen MR) is 183 cm³/mol. The van der Waals surface area contributed by atoms with Gasteiger partial charge in [-0.25, -0.2) is 4.98 Å². The van der Waals surface area contributed by atoms with Crippen molar-refractivity contribution in [1.82, 2.24) is 14.8 Å². The Morgan fingerprint density at radius 1 is 1.18 bits per heavy atom. The molecule has 1 N–H and O–H groups in total. The highest BCUT2D eigenvalue weighted by Gasteiger charge is 2.19. The minimum Gasteiger partial charge on any atom is -0.497 e. The zero-order valence-electron chi connectivity index (χ0n) is 28.3. The fraction of sp³-hybridized carbons (Fsp3) is 0.514. The molecule has 1 aliphatic carbocycles. The number of aliphatic imine (C=N–C) groups is 2. The average molecular weight is 621 g/mol. The maximum absolute atomic E-state index is 5.89. The number of methoxy groups -OCH3 is 2. The molecule has 0 unspecified atom stereocenters. The van der Waals surface area contributed by atoms with Crippen LogP contribution < -0.4 is 5.32 Å². The molecule has 1 aliphatic heterocycles. The van der Waals surface area contributed by atoms with Gasteiger partial charge in [0.15, 0.2) is 0 Å². The largest absolute Gasteiger partial charge is 0.497 e. The van der Waals surface area contributed by atoms with Crippen LogP contribution in [0.2, 0.25) is 0 Å². The van der Waals surface area contributed by atoms with Crippen molar-refractivity contribution in [2.75, 3.05) is 72.2 Å². The smallest absolute Gasteiger partial charge is 0.127 e. The lowest BCUT2D eigenvalue weighted by Crippen LogP contribution is -2.41. The third kappa shape index (κ3) is 11.6. The summed E-state index contributed by atoms with van der Waals surface area (Å²) in [5, 5.41) is 3.23. The molecule has 0 amide bonds. The molecule has 2 aliphatic rings. The van der Waals surface area contributed by atoms with Gasteiger partial charge >= 0.3 is 0 Å². The Balaban J connectivity index is 1.87. The van der Waals surface area contributed by atoms with E-state index in [1.165, 1.54) is 0 Å². The summed E-state index contributed by atoms with van der Waals surface area (Å²) in [6.07, 6.45) is 13.7. The lowest BCUT2D eigenvalue weighted by Gasteiger charge is -2.33. The summed E-state index contributed by atoms with van der Waals surface area (Å²) in [5.41, 5.74) is 4.50. The molecule has 10 nitrogen and oxygen atoms in total. The molecule has 10 heteroatoms. The van der Waals surface area contributed by atoms with Gasteiger partial charge in [-0.2, -0.15) is 0 Å². The Morgan fingerprint density at radius 3 is 2.56 bits per heavy atom. The van der Waals surface area contributed by atoms with E-state index in [-0.39, 0.29) is 5.60 Å². The van der Waals surface area contributed by atoms with Gasteiger partial charge in [0.2, 0.25) is 0 Å². The van der Waals surface area contributed by atoms with Crippen molar-refractivity contribution >= 4 is 18.2 Å². The lowest BCUT2D eigenvalue weighted by atomic mass is 10.1. The molecule has 246 valence electrons. The zero-order chi connectivity index (χ0) is 32.7. The number of allylic oxidation sites excluding steroid dienone is 5. The number of hydrogen-bond donors (Lipinski definition) is 1. The Hall–Kier alpha value is -3.73. The Morgan fingerprint density at radius 2 is 1.93 bits per heavy atom. The molecule has 0 aromatic carbocycles. The van der Waals surface area contributed by atoms with Crippen molar-refractivity contribution in [2.24, 2.45) is 9.98 Å². The molecule has 1 aromatic heterocycles. The first kappa shape index (κ1) is 35.7. The van der Waals surface area contributed by atoms with E-state index in [1.54, 1.807) is 14.2 Å². The van der Waals surface area contributed by atoms with Crippen LogP contribution in [-0.4, -0.2) is 99.7 Å². The summed E-state index contributed by atoms with van der Waals surface area (Å²) < 4.78 is 22.7. The van der Waals surface area contributed by atoms with Crippen LogP contribution in [0.1, 0.15) is 53.0 Å². The van der Waals surface area contributed by atoms with Gasteiger partial charge in [-0.15, -0.1) is 0 Å². The van der Waals surface area contributed by atoms with Crippen molar-refractivity contribution < 1.29 is 18.9 Å². The van der Waals surface area contributed by atoms with Crippen LogP contribution in [-0.2, 0) is 18.9 Å². The van der Waals surface area contributed by atoms with Crippen LogP contribution >= 0.6 is 0 Å². The maximum atomic E-state index is 5.89. The van der Waals surface area contributed by atoms with Gasteiger partial charge in [0.25, 0.3) is 0 Å². The normalized spacial score (nSPS) is 17.1. The number of rotatable bonds is 17. The molecular weight excluding hydrogens is 568 g/mol. The van der Waals surface area contributed by atoms with Gasteiger partial charge in [0.1, 0.15) is 24.1 Å². The van der Waals surface area contributed by atoms with Crippen molar-refractivity contribution in [1.29, 1.82) is 0 Å². The van der Waals surface area contributed by atoms with Crippen molar-refractivity contribution in [3.63, 3.8) is 0 Å². The summed E-state index contributed by atoms with van der Waals surface area (Å²) in [6.45, 7) is 19.9. The number of morpholine rings is 1. The van der Waals surface area contributed by atoms with Crippen LogP contribution in [0, 0.1) is 0 Å². The fourth-order valence-corrected chi connectivity index (χ4v) is 4.74. The van der Waals surface area contributed by atoms with E-state index in [1.807, 2.05) is 38.3 Å². The van der Waals surface area contributed by atoms with E-state index in [4.69, 9.17) is 23.9 Å². The number of anilines is 1. The summed E-state index contributed by atoms with van der Waals surface area (Å²) >= 11 is 0. The van der Waals surface area contributed by atoms with Crippen LogP contribution in [0.4, 0.5) is 5.82 Å². The zero-order valence-corrected chi connectivity index (χ0v) is 28.3. The van der Waals surface area contributed by atoms with Crippen molar-refractivity contribution in [2.45, 2.75) is 53.1 Å². The predicted octanol–water partition coefficient (Wildman–Crippen LogP) is 5.94. The topological polar surface area (TPSA) is 93.0 Å². The van der Waals surface area contributed by atoms with E-state index < -0.39 is 0 Å². The molecule has 0 saturated carbocycles. The third-order valence-electron chi connectivity index (χ3n) is 7.92. The van der Waals surface area contributed by atoms with Crippen LogP contribution in [0.3, 0.4) is 0 Å². The highest BCUT2D eigenvalue weighted by molar-refractivity contribution is 5.99. The molecule has 1 saturated heterocycles. The van der Waals surface area contributed by atoms with Gasteiger partial charge < -0.3 is 29.2 Å². The molecule has 1 aromatic rings. The summed E-state index contributed by atoms with van der Waals surface area (Å²) in [6, 6.07) is 3.95. The minimum atomic E-state index is -0.179. The second-order valence-electron chi connectivity index (χ2n) is 11.4. The Kier molecular flexibility index (Phi) is 14.5. The standard InChI is InChI=1S/C35H52N6O4/c1-9-30(41(16-15-40-17-19-44-20-18-40)31-12-13-32(42-7)23-33(22-31)43-8)21-29(25-36-6)39-27(3)28-11-14-34(37-24-28)38-26-45-35(4,5)10-2/h9,11,13-14,21-24H,6,10,12,15-20,25-26H2,1-5,7-8H3,(H,37,38)/b29-21+,30-9+,39-27?. The van der Waals surface area contributed by atoms with E-state index in [2.05, 4.69) is 76.9 Å². The Labute approximate surface area is 269 Å². The van der Waals surface area contributed by atoms with E-state index in [9.17, 15) is 0 Å². The first-order chi connectivity index (χ1) is 21.7. The molecule has 2 heterocycles. The number of hydrogen-bond acceptors (Lipinski definition) is 10. The molecule has 0 atom stereocenters. The van der Waals surface area contributed by atoms with Crippen LogP contribution in [0.25, 0.3) is 0 Å². The van der Waals surface area contributed by atoms with Gasteiger partial charge in [0, 0.05) is 73.6 Å². The molecular formula is C35H52N6O4. The molecule has 0 bridgehead atoms. The molecule has 3 rings (SSSR count). The second kappa shape index (κ2) is 18.3. The SMILES string of the molecule is C=NC/C(=C\C(=C/C)N(CCN1CCOCC1)C1=CC(OC)=CC(OC)=CC1)N=C(C)c1ccc(NCOC(C)(C)CC)nc1. The van der Waals surface area contributed by atoms with Crippen molar-refractivity contribution in [3.8, 4) is 0 Å². The molecule has 0 spiro atoms. The monoisotopic (exact) mass is 620 g/mol. The van der Waals surface area contributed by atoms with E-state index in [0.29, 0.717) is 19.7 Å². The van der Waals surface area contributed by atoms with E-state index >= 15 is 0 Å². The number of aromatic nitrogens is 1. The minimum absolute atomic E-state index is 0.179.